The topological polar surface area (TPSA) is 39.7 Å². The van der Waals surface area contributed by atoms with Crippen molar-refractivity contribution in [2.24, 2.45) is 4.99 Å². The maximum Gasteiger partial charge on any atom is 0.191 e. The van der Waals surface area contributed by atoms with Gasteiger partial charge >= 0.3 is 0 Å². The van der Waals surface area contributed by atoms with Gasteiger partial charge in [0.15, 0.2) is 5.96 Å². The molecule has 1 heterocycles. The minimum absolute atomic E-state index is 0. The Bertz CT molecular complexity index is 223. The van der Waals surface area contributed by atoms with Gasteiger partial charge in [-0.1, -0.05) is 0 Å². The molecule has 0 atom stereocenters. The van der Waals surface area contributed by atoms with Crippen molar-refractivity contribution in [3.8, 4) is 0 Å². The molecular formula is C12H27IN4. The number of halogens is 1. The molecule has 0 unspecified atom stereocenters. The summed E-state index contributed by atoms with van der Waals surface area (Å²) in [7, 11) is 1.83. The largest absolute Gasteiger partial charge is 0.357 e. The number of likely N-dealkylation sites (tertiary alicyclic amines) is 1. The van der Waals surface area contributed by atoms with E-state index in [1.807, 2.05) is 7.05 Å². The van der Waals surface area contributed by atoms with E-state index < -0.39 is 0 Å². The van der Waals surface area contributed by atoms with Crippen LogP contribution in [-0.2, 0) is 0 Å². The molecule has 1 fully saturated rings. The van der Waals surface area contributed by atoms with Crippen LogP contribution >= 0.6 is 24.0 Å². The summed E-state index contributed by atoms with van der Waals surface area (Å²) in [6.45, 7) is 9.94. The minimum atomic E-state index is 0. The molecule has 0 aromatic rings. The summed E-state index contributed by atoms with van der Waals surface area (Å²) in [5, 5.41) is 6.72. The molecule has 0 aromatic heterocycles. The number of piperidine rings is 1. The van der Waals surface area contributed by atoms with Crippen LogP contribution in [0.3, 0.4) is 0 Å². The van der Waals surface area contributed by atoms with Crippen molar-refractivity contribution >= 4 is 29.9 Å². The molecule has 0 spiro atoms. The summed E-state index contributed by atoms with van der Waals surface area (Å²) < 4.78 is 0. The number of guanidine groups is 1. The molecule has 2 N–H and O–H groups in total. The van der Waals surface area contributed by atoms with Crippen LogP contribution in [0.15, 0.2) is 4.99 Å². The summed E-state index contributed by atoms with van der Waals surface area (Å²) in [4.78, 5) is 6.74. The molecule has 1 saturated heterocycles. The van der Waals surface area contributed by atoms with Gasteiger partial charge in [-0.25, -0.2) is 0 Å². The maximum atomic E-state index is 4.21. The fourth-order valence-corrected chi connectivity index (χ4v) is 2.12. The Hall–Kier alpha value is -0.0400. The van der Waals surface area contributed by atoms with Crippen LogP contribution in [0.4, 0.5) is 0 Å². The van der Waals surface area contributed by atoms with Gasteiger partial charge in [-0.15, -0.1) is 24.0 Å². The van der Waals surface area contributed by atoms with Crippen LogP contribution in [0.1, 0.15) is 33.6 Å². The Kier molecular flexibility index (Phi) is 8.94. The Labute approximate surface area is 123 Å². The first-order valence-electron chi connectivity index (χ1n) is 6.38. The highest BCUT2D eigenvalue weighted by atomic mass is 127. The van der Waals surface area contributed by atoms with Gasteiger partial charge in [-0.05, 0) is 33.6 Å². The SMILES string of the molecule is CCNC(=NC)NC1CCN(C(C)C)CC1.I. The van der Waals surface area contributed by atoms with Gasteiger partial charge < -0.3 is 15.5 Å². The highest BCUT2D eigenvalue weighted by molar-refractivity contribution is 14.0. The first kappa shape index (κ1) is 17.0. The van der Waals surface area contributed by atoms with Gasteiger partial charge in [0.1, 0.15) is 0 Å². The molecule has 4 nitrogen and oxygen atoms in total. The summed E-state index contributed by atoms with van der Waals surface area (Å²) in [5.74, 6) is 0.936. The van der Waals surface area contributed by atoms with Crippen molar-refractivity contribution < 1.29 is 0 Å². The lowest BCUT2D eigenvalue weighted by molar-refractivity contribution is 0.167. The third-order valence-corrected chi connectivity index (χ3v) is 3.17. The standard InChI is InChI=1S/C12H26N4.HI/c1-5-14-12(13-4)15-11-6-8-16(9-7-11)10(2)3;/h10-11H,5-9H2,1-4H3,(H2,13,14,15);1H. The van der Waals surface area contributed by atoms with Crippen molar-refractivity contribution in [2.75, 3.05) is 26.7 Å². The summed E-state index contributed by atoms with van der Waals surface area (Å²) >= 11 is 0. The van der Waals surface area contributed by atoms with E-state index in [2.05, 4.69) is 41.3 Å². The zero-order valence-corrected chi connectivity index (χ0v) is 13.8. The fourth-order valence-electron chi connectivity index (χ4n) is 2.12. The Morgan fingerprint density at radius 1 is 1.35 bits per heavy atom. The van der Waals surface area contributed by atoms with Gasteiger partial charge in [0.25, 0.3) is 0 Å². The number of aliphatic imine (C=N–C) groups is 1. The maximum absolute atomic E-state index is 4.21. The number of hydrogen-bond donors (Lipinski definition) is 2. The molecular weight excluding hydrogens is 327 g/mol. The zero-order chi connectivity index (χ0) is 12.0. The van der Waals surface area contributed by atoms with Gasteiger partial charge in [0.05, 0.1) is 0 Å². The highest BCUT2D eigenvalue weighted by Crippen LogP contribution is 2.12. The Morgan fingerprint density at radius 2 is 1.94 bits per heavy atom. The van der Waals surface area contributed by atoms with Gasteiger partial charge in [-0.3, -0.25) is 4.99 Å². The number of nitrogens with one attached hydrogen (secondary N) is 2. The average Bonchev–Trinajstić information content (AvgIpc) is 2.29. The van der Waals surface area contributed by atoms with Crippen molar-refractivity contribution in [3.05, 3.63) is 0 Å². The Morgan fingerprint density at radius 3 is 2.35 bits per heavy atom. The Balaban J connectivity index is 0.00000256. The lowest BCUT2D eigenvalue weighted by atomic mass is 10.0. The zero-order valence-electron chi connectivity index (χ0n) is 11.5. The number of hydrogen-bond acceptors (Lipinski definition) is 2. The van der Waals surface area contributed by atoms with E-state index in [9.17, 15) is 0 Å². The van der Waals surface area contributed by atoms with Crippen LogP contribution < -0.4 is 10.6 Å². The smallest absolute Gasteiger partial charge is 0.191 e. The highest BCUT2D eigenvalue weighted by Gasteiger charge is 2.20. The van der Waals surface area contributed by atoms with Crippen LogP contribution in [0.25, 0.3) is 0 Å². The van der Waals surface area contributed by atoms with Crippen molar-refractivity contribution in [3.63, 3.8) is 0 Å². The molecule has 1 aliphatic rings. The third-order valence-electron chi connectivity index (χ3n) is 3.17. The second-order valence-corrected chi connectivity index (χ2v) is 4.65. The van der Waals surface area contributed by atoms with E-state index in [1.165, 1.54) is 25.9 Å². The predicted molar refractivity (Wildman–Crippen MR) is 85.3 cm³/mol. The molecule has 0 saturated carbocycles. The number of rotatable bonds is 3. The van der Waals surface area contributed by atoms with Gasteiger partial charge in [0, 0.05) is 38.8 Å². The van der Waals surface area contributed by atoms with Crippen LogP contribution in [0, 0.1) is 0 Å². The molecule has 0 aromatic carbocycles. The lowest BCUT2D eigenvalue weighted by Gasteiger charge is -2.35. The average molecular weight is 354 g/mol. The van der Waals surface area contributed by atoms with E-state index in [1.54, 1.807) is 0 Å². The molecule has 0 aliphatic carbocycles. The van der Waals surface area contributed by atoms with Crippen molar-refractivity contribution in [2.45, 2.75) is 45.7 Å². The lowest BCUT2D eigenvalue weighted by Crippen LogP contribution is -2.49. The normalized spacial score (nSPS) is 19.0. The van der Waals surface area contributed by atoms with Crippen LogP contribution in [0.2, 0.25) is 0 Å². The molecule has 17 heavy (non-hydrogen) atoms. The molecule has 0 amide bonds. The monoisotopic (exact) mass is 354 g/mol. The van der Waals surface area contributed by atoms with Crippen LogP contribution in [-0.4, -0.2) is 49.6 Å². The molecule has 1 aliphatic heterocycles. The second kappa shape index (κ2) is 8.97. The molecule has 0 radical (unpaired) electrons. The van der Waals surface area contributed by atoms with Gasteiger partial charge in [-0.2, -0.15) is 0 Å². The quantitative estimate of drug-likeness (QED) is 0.460. The summed E-state index contributed by atoms with van der Waals surface area (Å²) in [5.41, 5.74) is 0. The fraction of sp³-hybridized carbons (Fsp3) is 0.917. The van der Waals surface area contributed by atoms with E-state index in [4.69, 9.17) is 0 Å². The number of nitrogens with zero attached hydrogens (tertiary/aromatic N) is 2. The minimum Gasteiger partial charge on any atom is -0.357 e. The van der Waals surface area contributed by atoms with E-state index in [-0.39, 0.29) is 24.0 Å². The van der Waals surface area contributed by atoms with E-state index >= 15 is 0 Å². The predicted octanol–water partition coefficient (Wildman–Crippen LogP) is 1.66. The molecule has 1 rings (SSSR count). The first-order valence-corrected chi connectivity index (χ1v) is 6.38. The van der Waals surface area contributed by atoms with Crippen molar-refractivity contribution in [1.29, 1.82) is 0 Å². The van der Waals surface area contributed by atoms with E-state index in [0.717, 1.165) is 12.5 Å². The summed E-state index contributed by atoms with van der Waals surface area (Å²) in [6.07, 6.45) is 2.42. The first-order chi connectivity index (χ1) is 7.67. The second-order valence-electron chi connectivity index (χ2n) is 4.65. The van der Waals surface area contributed by atoms with E-state index in [0.29, 0.717) is 12.1 Å². The molecule has 5 heteroatoms. The summed E-state index contributed by atoms with van der Waals surface area (Å²) in [6, 6.07) is 1.25. The van der Waals surface area contributed by atoms with Crippen LogP contribution in [0.5, 0.6) is 0 Å². The molecule has 0 bridgehead atoms. The van der Waals surface area contributed by atoms with Gasteiger partial charge in [0.2, 0.25) is 0 Å². The molecule has 102 valence electrons. The van der Waals surface area contributed by atoms with Crippen molar-refractivity contribution in [1.82, 2.24) is 15.5 Å². The third kappa shape index (κ3) is 5.90.